The van der Waals surface area contributed by atoms with Gasteiger partial charge in [0.05, 0.1) is 16.6 Å². The molecule has 0 saturated heterocycles. The molecule has 5 heteroatoms. The first-order valence-electron chi connectivity index (χ1n) is 12.4. The van der Waals surface area contributed by atoms with Gasteiger partial charge in [-0.2, -0.15) is 0 Å². The number of hydrogen-bond donors (Lipinski definition) is 2. The van der Waals surface area contributed by atoms with E-state index in [-0.39, 0.29) is 28.3 Å². The molecule has 2 N–H and O–H groups in total. The van der Waals surface area contributed by atoms with Crippen molar-refractivity contribution >= 4 is 16.6 Å². The number of Topliss-reactive ketones (excluding diaryl/α,β-unsaturated/α-hetero) is 1. The molecule has 0 heterocycles. The highest BCUT2D eigenvalue weighted by Gasteiger charge is 2.62. The maximum Gasteiger partial charge on any atom is 0.149 e. The zero-order valence-corrected chi connectivity index (χ0v) is 20.3. The monoisotopic (exact) mass is 448 g/mol. The topological polar surface area (TPSA) is 74.6 Å². The van der Waals surface area contributed by atoms with Crippen LogP contribution >= 0.6 is 0 Å². The third-order valence-electron chi connectivity index (χ3n) is 10.3. The molecule has 4 aliphatic rings. The molecule has 4 nitrogen and oxygen atoms in total. The molecule has 2 unspecified atom stereocenters. The fraction of sp³-hybridized carbons (Fsp3) is 0.885. The van der Waals surface area contributed by atoms with Crippen LogP contribution in [0.5, 0.6) is 0 Å². The van der Waals surface area contributed by atoms with Gasteiger partial charge in [0.25, 0.3) is 0 Å². The minimum Gasteiger partial charge on any atom is -0.380 e. The summed E-state index contributed by atoms with van der Waals surface area (Å²) in [5.41, 5.74) is -1.59. The Balaban J connectivity index is 1.50. The number of terminal acetylenes is 1. The standard InChI is InChI=1S/C26H40O4S/c1-5-23(28)31(30)16-22(27)21-10-9-19-18-8-7-17-15-26(29,6-2)14-13-24(17,3)20(18)11-12-25(19,21)4/h2,17-21,23,28-29H,5,7-16H2,1,3-4H3/t17-,18+,19+,20+,21-,23?,24+,25+,26-,31?/m1/s1. The van der Waals surface area contributed by atoms with E-state index >= 15 is 0 Å². The van der Waals surface area contributed by atoms with Crippen LogP contribution in [0, 0.1) is 52.8 Å². The lowest BCUT2D eigenvalue weighted by Crippen LogP contribution is -2.56. The van der Waals surface area contributed by atoms with Crippen LogP contribution < -0.4 is 0 Å². The van der Waals surface area contributed by atoms with Gasteiger partial charge in [-0.1, -0.05) is 26.7 Å². The number of carbonyl (C=O) groups is 1. The van der Waals surface area contributed by atoms with Crippen LogP contribution in [0.3, 0.4) is 0 Å². The van der Waals surface area contributed by atoms with Crippen molar-refractivity contribution in [2.75, 3.05) is 5.75 Å². The van der Waals surface area contributed by atoms with E-state index in [9.17, 15) is 19.2 Å². The molecule has 0 aromatic heterocycles. The van der Waals surface area contributed by atoms with Crippen molar-refractivity contribution in [3.8, 4) is 12.3 Å². The number of rotatable bonds is 5. The van der Waals surface area contributed by atoms with Gasteiger partial charge in [0, 0.05) is 5.92 Å². The number of aliphatic hydroxyl groups excluding tert-OH is 1. The molecule has 0 radical (unpaired) electrons. The van der Waals surface area contributed by atoms with E-state index in [0.29, 0.717) is 36.5 Å². The number of carbonyl (C=O) groups excluding carboxylic acids is 1. The van der Waals surface area contributed by atoms with Crippen molar-refractivity contribution in [1.82, 2.24) is 0 Å². The van der Waals surface area contributed by atoms with Crippen LogP contribution in [0.15, 0.2) is 0 Å². The average molecular weight is 449 g/mol. The van der Waals surface area contributed by atoms with Gasteiger partial charge in [0.15, 0.2) is 0 Å². The maximum absolute atomic E-state index is 13.1. The van der Waals surface area contributed by atoms with Crippen molar-refractivity contribution in [3.05, 3.63) is 0 Å². The molecule has 0 aromatic rings. The lowest BCUT2D eigenvalue weighted by Gasteiger charge is -2.61. The molecular formula is C26H40O4S. The predicted octanol–water partition coefficient (Wildman–Crippen LogP) is 4.06. The van der Waals surface area contributed by atoms with Crippen molar-refractivity contribution in [1.29, 1.82) is 0 Å². The van der Waals surface area contributed by atoms with Crippen LogP contribution in [0.1, 0.15) is 85.0 Å². The normalized spacial score (nSPS) is 48.6. The summed E-state index contributed by atoms with van der Waals surface area (Å²) < 4.78 is 12.3. The Morgan fingerprint density at radius 2 is 1.81 bits per heavy atom. The van der Waals surface area contributed by atoms with E-state index in [1.54, 1.807) is 6.92 Å². The third kappa shape index (κ3) is 3.75. The van der Waals surface area contributed by atoms with Gasteiger partial charge in [-0.25, -0.2) is 0 Å². The Morgan fingerprint density at radius 3 is 2.48 bits per heavy atom. The number of hydrogen-bond acceptors (Lipinski definition) is 4. The Hall–Kier alpha value is -0.700. The van der Waals surface area contributed by atoms with Crippen LogP contribution in [0.4, 0.5) is 0 Å². The Kier molecular flexibility index (Phi) is 6.25. The van der Waals surface area contributed by atoms with Crippen LogP contribution in [-0.4, -0.2) is 37.0 Å². The first-order valence-corrected chi connectivity index (χ1v) is 13.7. The second-order valence-corrected chi connectivity index (χ2v) is 13.2. The van der Waals surface area contributed by atoms with Crippen LogP contribution in [0.25, 0.3) is 0 Å². The van der Waals surface area contributed by atoms with E-state index in [0.717, 1.165) is 44.9 Å². The van der Waals surface area contributed by atoms with Crippen molar-refractivity contribution in [2.45, 2.75) is 96.0 Å². The second kappa shape index (κ2) is 8.26. The summed E-state index contributed by atoms with van der Waals surface area (Å²) in [5, 5.41) is 20.6. The SMILES string of the molecule is C#C[C@@]1(O)CC[C@@]2(C)[C@H](CC[C@@H]3[C@@H]2CC[C@]2(C)[C@@H](C(=O)CS(=O)C(O)CC)CC[C@@H]32)C1. The average Bonchev–Trinajstić information content (AvgIpc) is 3.11. The first kappa shape index (κ1) is 23.5. The third-order valence-corrected chi connectivity index (χ3v) is 11.8. The van der Waals surface area contributed by atoms with Gasteiger partial charge in [-0.05, 0) is 98.7 Å². The summed E-state index contributed by atoms with van der Waals surface area (Å²) in [5.74, 6) is 5.08. The molecule has 31 heavy (non-hydrogen) atoms. The predicted molar refractivity (Wildman–Crippen MR) is 123 cm³/mol. The highest BCUT2D eigenvalue weighted by Crippen LogP contribution is 2.68. The zero-order chi connectivity index (χ0) is 22.6. The van der Waals surface area contributed by atoms with Gasteiger partial charge < -0.3 is 10.2 Å². The van der Waals surface area contributed by atoms with E-state index in [2.05, 4.69) is 19.8 Å². The van der Waals surface area contributed by atoms with Gasteiger partial charge in [-0.3, -0.25) is 9.00 Å². The van der Waals surface area contributed by atoms with E-state index in [4.69, 9.17) is 6.42 Å². The minimum atomic E-state index is -1.48. The summed E-state index contributed by atoms with van der Waals surface area (Å²) >= 11 is 0. The summed E-state index contributed by atoms with van der Waals surface area (Å²) in [7, 11) is -1.48. The molecule has 0 aromatic carbocycles. The molecule has 0 spiro atoms. The molecular weight excluding hydrogens is 408 g/mol. The second-order valence-electron chi connectivity index (χ2n) is 11.6. The molecule has 10 atom stereocenters. The molecule has 0 bridgehead atoms. The Labute approximate surface area is 190 Å². The van der Waals surface area contributed by atoms with Gasteiger partial charge >= 0.3 is 0 Å². The van der Waals surface area contributed by atoms with Crippen LogP contribution in [0.2, 0.25) is 0 Å². The molecule has 4 fully saturated rings. The van der Waals surface area contributed by atoms with E-state index < -0.39 is 21.8 Å². The fourth-order valence-electron chi connectivity index (χ4n) is 8.43. The zero-order valence-electron chi connectivity index (χ0n) is 19.4. The highest BCUT2D eigenvalue weighted by molar-refractivity contribution is 7.86. The lowest BCUT2D eigenvalue weighted by molar-refractivity contribution is -0.144. The smallest absolute Gasteiger partial charge is 0.149 e. The summed E-state index contributed by atoms with van der Waals surface area (Å²) in [6.45, 7) is 6.56. The Morgan fingerprint density at radius 1 is 1.10 bits per heavy atom. The number of ketones is 1. The number of fused-ring (bicyclic) bond motifs is 5. The molecule has 174 valence electrons. The van der Waals surface area contributed by atoms with E-state index in [1.807, 2.05) is 0 Å². The highest BCUT2D eigenvalue weighted by atomic mass is 32.2. The lowest BCUT2D eigenvalue weighted by atomic mass is 9.44. The van der Waals surface area contributed by atoms with Crippen molar-refractivity contribution in [3.63, 3.8) is 0 Å². The largest absolute Gasteiger partial charge is 0.380 e. The van der Waals surface area contributed by atoms with Gasteiger partial charge in [0.1, 0.15) is 16.8 Å². The fourth-order valence-corrected chi connectivity index (χ4v) is 9.47. The summed E-state index contributed by atoms with van der Waals surface area (Å²) in [4.78, 5) is 13.1. The Bertz CT molecular complexity index is 789. The molecule has 0 aliphatic heterocycles. The number of aliphatic hydroxyl groups is 2. The summed E-state index contributed by atoms with van der Waals surface area (Å²) in [6.07, 6.45) is 15.0. The van der Waals surface area contributed by atoms with E-state index in [1.165, 1.54) is 6.42 Å². The molecule has 0 amide bonds. The molecule has 4 saturated carbocycles. The van der Waals surface area contributed by atoms with Crippen molar-refractivity contribution < 1.29 is 19.2 Å². The van der Waals surface area contributed by atoms with Gasteiger partial charge in [-0.15, -0.1) is 6.42 Å². The first-order chi connectivity index (χ1) is 14.6. The maximum atomic E-state index is 13.1. The quantitative estimate of drug-likeness (QED) is 0.622. The molecule has 4 rings (SSSR count). The summed E-state index contributed by atoms with van der Waals surface area (Å²) in [6, 6.07) is 0. The van der Waals surface area contributed by atoms with Gasteiger partial charge in [0.2, 0.25) is 0 Å². The molecule has 4 aliphatic carbocycles. The van der Waals surface area contributed by atoms with Crippen LogP contribution in [-0.2, 0) is 15.6 Å². The van der Waals surface area contributed by atoms with Crippen molar-refractivity contribution in [2.24, 2.45) is 40.4 Å². The minimum absolute atomic E-state index is 0.000535.